The van der Waals surface area contributed by atoms with E-state index in [1.165, 1.54) is 18.2 Å². The van der Waals surface area contributed by atoms with Gasteiger partial charge in [-0.1, -0.05) is 30.3 Å². The first-order chi connectivity index (χ1) is 15.9. The number of carbonyl (C=O) groups excluding carboxylic acids is 1. The highest BCUT2D eigenvalue weighted by Crippen LogP contribution is 2.36. The van der Waals surface area contributed by atoms with E-state index in [1.807, 2.05) is 0 Å². The number of halogens is 1. The SMILES string of the molecule is CCOC(=O)C1=Nc2ccccc2C1=Cc1c(O)n(CCc2ccc(F)cc2)c(=O)[nH]c1=O. The number of nitrogens with zero attached hydrogens (tertiary/aromatic N) is 2. The number of nitrogens with one attached hydrogen (secondary N) is 1. The van der Waals surface area contributed by atoms with Gasteiger partial charge in [-0.25, -0.2) is 19.0 Å². The molecule has 0 fully saturated rings. The first-order valence-corrected chi connectivity index (χ1v) is 10.3. The van der Waals surface area contributed by atoms with Gasteiger partial charge in [-0.2, -0.15) is 0 Å². The summed E-state index contributed by atoms with van der Waals surface area (Å²) in [4.78, 5) is 43.9. The largest absolute Gasteiger partial charge is 0.494 e. The van der Waals surface area contributed by atoms with Crippen LogP contribution in [0.25, 0.3) is 11.6 Å². The Morgan fingerprint density at radius 3 is 2.64 bits per heavy atom. The molecule has 0 spiro atoms. The molecular weight excluding hydrogens is 429 g/mol. The lowest BCUT2D eigenvalue weighted by atomic mass is 10.0. The van der Waals surface area contributed by atoms with Crippen molar-refractivity contribution in [3.8, 4) is 5.88 Å². The number of para-hydroxylation sites is 1. The van der Waals surface area contributed by atoms with E-state index in [9.17, 15) is 23.9 Å². The molecule has 1 aliphatic rings. The number of rotatable bonds is 6. The van der Waals surface area contributed by atoms with Crippen molar-refractivity contribution in [2.24, 2.45) is 4.99 Å². The Kier molecular flexibility index (Phi) is 6.03. The lowest BCUT2D eigenvalue weighted by molar-refractivity contribution is -0.134. The third kappa shape index (κ3) is 4.38. The summed E-state index contributed by atoms with van der Waals surface area (Å²) in [7, 11) is 0. The molecule has 0 radical (unpaired) electrons. The average Bonchev–Trinajstić information content (AvgIpc) is 3.16. The van der Waals surface area contributed by atoms with E-state index in [4.69, 9.17) is 4.74 Å². The summed E-state index contributed by atoms with van der Waals surface area (Å²) in [5.41, 5.74) is 0.362. The van der Waals surface area contributed by atoms with E-state index in [0.717, 1.165) is 10.1 Å². The van der Waals surface area contributed by atoms with Crippen LogP contribution in [0.2, 0.25) is 0 Å². The smallest absolute Gasteiger partial charge is 0.357 e. The van der Waals surface area contributed by atoms with Crippen molar-refractivity contribution in [3.05, 3.63) is 91.9 Å². The maximum Gasteiger partial charge on any atom is 0.357 e. The van der Waals surface area contributed by atoms with Gasteiger partial charge in [-0.15, -0.1) is 0 Å². The number of aryl methyl sites for hydroxylation is 1. The van der Waals surface area contributed by atoms with Crippen molar-refractivity contribution in [1.82, 2.24) is 9.55 Å². The van der Waals surface area contributed by atoms with Gasteiger partial charge in [0.15, 0.2) is 5.71 Å². The molecule has 168 valence electrons. The maximum atomic E-state index is 13.1. The lowest BCUT2D eigenvalue weighted by Gasteiger charge is -2.11. The Labute approximate surface area is 187 Å². The minimum atomic E-state index is -0.810. The number of fused-ring (bicyclic) bond motifs is 1. The van der Waals surface area contributed by atoms with Crippen LogP contribution in [0.5, 0.6) is 5.88 Å². The fourth-order valence-corrected chi connectivity index (χ4v) is 3.56. The van der Waals surface area contributed by atoms with E-state index in [-0.39, 0.29) is 30.2 Å². The molecule has 0 bridgehead atoms. The second kappa shape index (κ2) is 9.07. The molecule has 4 rings (SSSR count). The first kappa shape index (κ1) is 21.9. The molecule has 2 aromatic carbocycles. The van der Waals surface area contributed by atoms with Gasteiger partial charge in [0.25, 0.3) is 5.56 Å². The van der Waals surface area contributed by atoms with E-state index >= 15 is 0 Å². The van der Waals surface area contributed by atoms with Crippen molar-refractivity contribution in [2.75, 3.05) is 6.61 Å². The van der Waals surface area contributed by atoms with Crippen LogP contribution >= 0.6 is 0 Å². The van der Waals surface area contributed by atoms with Gasteiger partial charge >= 0.3 is 11.7 Å². The topological polar surface area (TPSA) is 114 Å². The number of ether oxygens (including phenoxy) is 1. The van der Waals surface area contributed by atoms with Crippen molar-refractivity contribution in [1.29, 1.82) is 0 Å². The zero-order valence-corrected chi connectivity index (χ0v) is 17.7. The van der Waals surface area contributed by atoms with Crippen molar-refractivity contribution in [2.45, 2.75) is 19.9 Å². The third-order valence-electron chi connectivity index (χ3n) is 5.18. The van der Waals surface area contributed by atoms with Crippen LogP contribution in [0, 0.1) is 5.82 Å². The molecule has 0 amide bonds. The molecule has 0 aliphatic carbocycles. The number of aromatic nitrogens is 2. The molecule has 1 aliphatic heterocycles. The number of hydrogen-bond acceptors (Lipinski definition) is 6. The van der Waals surface area contributed by atoms with Crippen molar-refractivity contribution >= 4 is 29.0 Å². The molecule has 0 atom stereocenters. The number of aromatic hydroxyl groups is 1. The monoisotopic (exact) mass is 449 g/mol. The minimum absolute atomic E-state index is 0.000845. The average molecular weight is 449 g/mol. The number of aromatic amines is 1. The number of hydrogen-bond donors (Lipinski definition) is 2. The third-order valence-corrected chi connectivity index (χ3v) is 5.18. The molecule has 9 heteroatoms. The molecular formula is C24H20FN3O5. The number of benzene rings is 2. The summed E-state index contributed by atoms with van der Waals surface area (Å²) >= 11 is 0. The van der Waals surface area contributed by atoms with Gasteiger partial charge < -0.3 is 9.84 Å². The molecule has 3 aromatic rings. The van der Waals surface area contributed by atoms with E-state index in [2.05, 4.69) is 9.98 Å². The zero-order chi connectivity index (χ0) is 23.5. The summed E-state index contributed by atoms with van der Waals surface area (Å²) in [6.45, 7) is 1.84. The maximum absolute atomic E-state index is 13.1. The Hall–Kier alpha value is -4.27. The Bertz CT molecular complexity index is 1400. The predicted octanol–water partition coefficient (Wildman–Crippen LogP) is 2.81. The van der Waals surface area contributed by atoms with E-state index in [1.54, 1.807) is 43.3 Å². The van der Waals surface area contributed by atoms with Crippen molar-refractivity contribution in [3.63, 3.8) is 0 Å². The van der Waals surface area contributed by atoms with Gasteiger partial charge in [-0.05, 0) is 43.2 Å². The van der Waals surface area contributed by atoms with E-state index < -0.39 is 23.1 Å². The normalized spacial score (nSPS) is 13.6. The molecule has 2 heterocycles. The Balaban J connectivity index is 1.76. The Morgan fingerprint density at radius 2 is 1.91 bits per heavy atom. The fraction of sp³-hybridized carbons (Fsp3) is 0.167. The van der Waals surface area contributed by atoms with Crippen LogP contribution in [0.15, 0.2) is 63.1 Å². The van der Waals surface area contributed by atoms with Crippen LogP contribution in [0.4, 0.5) is 10.1 Å². The van der Waals surface area contributed by atoms with Gasteiger partial charge in [0.1, 0.15) is 11.4 Å². The zero-order valence-electron chi connectivity index (χ0n) is 17.7. The highest BCUT2D eigenvalue weighted by molar-refractivity contribution is 6.58. The number of H-pyrrole nitrogens is 1. The van der Waals surface area contributed by atoms with Crippen LogP contribution < -0.4 is 11.2 Å². The predicted molar refractivity (Wildman–Crippen MR) is 121 cm³/mol. The highest BCUT2D eigenvalue weighted by Gasteiger charge is 2.28. The minimum Gasteiger partial charge on any atom is -0.494 e. The molecule has 8 nitrogen and oxygen atoms in total. The summed E-state index contributed by atoms with van der Waals surface area (Å²) in [6.07, 6.45) is 1.64. The molecule has 0 unspecified atom stereocenters. The number of carbonyl (C=O) groups is 1. The molecule has 33 heavy (non-hydrogen) atoms. The highest BCUT2D eigenvalue weighted by atomic mass is 19.1. The lowest BCUT2D eigenvalue weighted by Crippen LogP contribution is -2.32. The van der Waals surface area contributed by atoms with Crippen LogP contribution in [-0.4, -0.2) is 32.9 Å². The standard InChI is InChI=1S/C24H20FN3O5/c1-2-33-23(31)20-17(16-5-3-4-6-19(16)26-20)13-18-21(29)27-24(32)28(22(18)30)12-11-14-7-9-15(25)10-8-14/h3-10,13,30H,2,11-12H2,1H3,(H,27,29,32). The number of aliphatic imine (C=N–C) groups is 1. The quantitative estimate of drug-likeness (QED) is 0.562. The molecule has 2 N–H and O–H groups in total. The fourth-order valence-electron chi connectivity index (χ4n) is 3.56. The summed E-state index contributed by atoms with van der Waals surface area (Å²) in [5.74, 6) is -1.60. The van der Waals surface area contributed by atoms with Crippen LogP contribution in [0.3, 0.4) is 0 Å². The van der Waals surface area contributed by atoms with Crippen LogP contribution in [-0.2, 0) is 22.5 Å². The summed E-state index contributed by atoms with van der Waals surface area (Å²) < 4.78 is 19.2. The molecule has 1 aromatic heterocycles. The molecule has 0 saturated heterocycles. The summed E-state index contributed by atoms with van der Waals surface area (Å²) in [5, 5.41) is 10.8. The van der Waals surface area contributed by atoms with E-state index in [0.29, 0.717) is 23.2 Å². The van der Waals surface area contributed by atoms with Gasteiger partial charge in [0.05, 0.1) is 12.3 Å². The second-order valence-corrected chi connectivity index (χ2v) is 7.28. The first-order valence-electron chi connectivity index (χ1n) is 10.3. The van der Waals surface area contributed by atoms with Crippen molar-refractivity contribution < 1.29 is 19.0 Å². The van der Waals surface area contributed by atoms with Gasteiger partial charge in [-0.3, -0.25) is 14.3 Å². The summed E-state index contributed by atoms with van der Waals surface area (Å²) in [6, 6.07) is 12.7. The van der Waals surface area contributed by atoms with Gasteiger partial charge in [0.2, 0.25) is 5.88 Å². The molecule has 0 saturated carbocycles. The Morgan fingerprint density at radius 1 is 1.18 bits per heavy atom. The van der Waals surface area contributed by atoms with Crippen LogP contribution in [0.1, 0.15) is 23.6 Å². The van der Waals surface area contributed by atoms with Gasteiger partial charge in [0, 0.05) is 17.7 Å². The number of esters is 1. The second-order valence-electron chi connectivity index (χ2n) is 7.28.